The summed E-state index contributed by atoms with van der Waals surface area (Å²) in [5, 5.41) is 3.95. The van der Waals surface area contributed by atoms with Gasteiger partial charge in [0.15, 0.2) is 11.5 Å². The standard InChI is InChI=1S/C18H18N4O3/c1-12-8-16(25-21-12)14-9-19-11-20-17(14)13-4-2-6-22(10-13)18(23)15-5-3-7-24-15/h3,5,7-9,11,13H,2,4,6,10H2,1H3. The topological polar surface area (TPSA) is 85.3 Å². The SMILES string of the molecule is Cc1cc(-c2cncnc2C2CCCN(C(=O)c3ccco3)C2)on1. The van der Waals surface area contributed by atoms with Crippen molar-refractivity contribution in [2.45, 2.75) is 25.7 Å². The van der Waals surface area contributed by atoms with Crippen LogP contribution in [-0.4, -0.2) is 39.0 Å². The summed E-state index contributed by atoms with van der Waals surface area (Å²) < 4.78 is 10.6. The number of hydrogen-bond acceptors (Lipinski definition) is 6. The lowest BCUT2D eigenvalue weighted by Crippen LogP contribution is -2.39. The first-order valence-electron chi connectivity index (χ1n) is 8.29. The van der Waals surface area contributed by atoms with E-state index in [9.17, 15) is 4.79 Å². The highest BCUT2D eigenvalue weighted by Gasteiger charge is 2.29. The van der Waals surface area contributed by atoms with E-state index in [2.05, 4.69) is 15.1 Å². The molecule has 1 aliphatic heterocycles. The van der Waals surface area contributed by atoms with Crippen molar-refractivity contribution in [2.75, 3.05) is 13.1 Å². The third-order valence-corrected chi connectivity index (χ3v) is 4.46. The van der Waals surface area contributed by atoms with Gasteiger partial charge in [-0.2, -0.15) is 0 Å². The van der Waals surface area contributed by atoms with Gasteiger partial charge in [-0.05, 0) is 31.9 Å². The zero-order valence-corrected chi connectivity index (χ0v) is 13.9. The maximum Gasteiger partial charge on any atom is 0.289 e. The molecule has 1 saturated heterocycles. The minimum absolute atomic E-state index is 0.0826. The maximum atomic E-state index is 12.6. The number of carbonyl (C=O) groups excluding carboxylic acids is 1. The van der Waals surface area contributed by atoms with Gasteiger partial charge in [0.25, 0.3) is 5.91 Å². The second kappa shape index (κ2) is 6.51. The van der Waals surface area contributed by atoms with E-state index in [0.717, 1.165) is 36.3 Å². The Morgan fingerprint density at radius 2 is 2.32 bits per heavy atom. The molecule has 1 amide bonds. The molecular weight excluding hydrogens is 320 g/mol. The number of likely N-dealkylation sites (tertiary alicyclic amines) is 1. The highest BCUT2D eigenvalue weighted by atomic mass is 16.5. The number of carbonyl (C=O) groups is 1. The van der Waals surface area contributed by atoms with Crippen molar-refractivity contribution in [3.63, 3.8) is 0 Å². The van der Waals surface area contributed by atoms with Gasteiger partial charge in [0.1, 0.15) is 6.33 Å². The van der Waals surface area contributed by atoms with Crippen molar-refractivity contribution in [1.82, 2.24) is 20.0 Å². The van der Waals surface area contributed by atoms with Crippen LogP contribution in [0.2, 0.25) is 0 Å². The fourth-order valence-electron chi connectivity index (χ4n) is 3.29. The predicted molar refractivity (Wildman–Crippen MR) is 88.9 cm³/mol. The van der Waals surface area contributed by atoms with Crippen LogP contribution in [0.3, 0.4) is 0 Å². The molecule has 7 nitrogen and oxygen atoms in total. The Morgan fingerprint density at radius 1 is 1.40 bits per heavy atom. The summed E-state index contributed by atoms with van der Waals surface area (Å²) in [6, 6.07) is 5.29. The molecule has 7 heteroatoms. The summed E-state index contributed by atoms with van der Waals surface area (Å²) in [6.07, 6.45) is 6.67. The van der Waals surface area contributed by atoms with Crippen LogP contribution in [0, 0.1) is 6.92 Å². The lowest BCUT2D eigenvalue weighted by molar-refractivity contribution is 0.0674. The summed E-state index contributed by atoms with van der Waals surface area (Å²) in [4.78, 5) is 23.0. The van der Waals surface area contributed by atoms with Crippen molar-refractivity contribution in [3.8, 4) is 11.3 Å². The minimum atomic E-state index is -0.0826. The Labute approximate surface area is 144 Å². The minimum Gasteiger partial charge on any atom is -0.459 e. The predicted octanol–water partition coefficient (Wildman–Crippen LogP) is 3.05. The number of aryl methyl sites for hydroxylation is 1. The van der Waals surface area contributed by atoms with Gasteiger partial charge >= 0.3 is 0 Å². The molecule has 0 bridgehead atoms. The van der Waals surface area contributed by atoms with Crippen molar-refractivity contribution in [1.29, 1.82) is 0 Å². The number of piperidine rings is 1. The summed E-state index contributed by atoms with van der Waals surface area (Å²) in [7, 11) is 0. The molecule has 1 fully saturated rings. The number of hydrogen-bond donors (Lipinski definition) is 0. The lowest BCUT2D eigenvalue weighted by Gasteiger charge is -2.32. The molecule has 3 aromatic rings. The van der Waals surface area contributed by atoms with Crippen molar-refractivity contribution < 1.29 is 13.7 Å². The molecule has 1 aliphatic rings. The summed E-state index contributed by atoms with van der Waals surface area (Å²) in [5.74, 6) is 1.06. The molecule has 1 atom stereocenters. The molecule has 0 radical (unpaired) electrons. The monoisotopic (exact) mass is 338 g/mol. The lowest BCUT2D eigenvalue weighted by atomic mass is 9.91. The molecule has 25 heavy (non-hydrogen) atoms. The van der Waals surface area contributed by atoms with Crippen molar-refractivity contribution in [2.24, 2.45) is 0 Å². The zero-order valence-electron chi connectivity index (χ0n) is 13.9. The number of furan rings is 1. The second-order valence-electron chi connectivity index (χ2n) is 6.22. The van der Waals surface area contributed by atoms with E-state index in [-0.39, 0.29) is 11.8 Å². The van der Waals surface area contributed by atoms with Crippen LogP contribution in [0.5, 0.6) is 0 Å². The summed E-state index contributed by atoms with van der Waals surface area (Å²) >= 11 is 0. The van der Waals surface area contributed by atoms with Gasteiger partial charge < -0.3 is 13.8 Å². The normalized spacial score (nSPS) is 17.6. The Bertz CT molecular complexity index is 872. The van der Waals surface area contributed by atoms with E-state index < -0.39 is 0 Å². The van der Waals surface area contributed by atoms with Crippen LogP contribution in [-0.2, 0) is 0 Å². The van der Waals surface area contributed by atoms with Crippen LogP contribution < -0.4 is 0 Å². The number of nitrogens with zero attached hydrogens (tertiary/aromatic N) is 4. The Morgan fingerprint density at radius 3 is 3.08 bits per heavy atom. The Balaban J connectivity index is 1.61. The first-order chi connectivity index (χ1) is 12.2. The van der Waals surface area contributed by atoms with Gasteiger partial charge in [-0.25, -0.2) is 9.97 Å². The smallest absolute Gasteiger partial charge is 0.289 e. The van der Waals surface area contributed by atoms with E-state index in [1.807, 2.05) is 17.9 Å². The van der Waals surface area contributed by atoms with E-state index in [4.69, 9.17) is 8.94 Å². The molecule has 1 unspecified atom stereocenters. The maximum absolute atomic E-state index is 12.6. The van der Waals surface area contributed by atoms with Crippen molar-refractivity contribution in [3.05, 3.63) is 54.1 Å². The Kier molecular flexibility index (Phi) is 4.05. The number of rotatable bonds is 3. The molecule has 4 rings (SSSR count). The third-order valence-electron chi connectivity index (χ3n) is 4.46. The fourth-order valence-corrected chi connectivity index (χ4v) is 3.29. The van der Waals surface area contributed by atoms with Crippen LogP contribution in [0.25, 0.3) is 11.3 Å². The molecule has 0 aliphatic carbocycles. The molecule has 0 saturated carbocycles. The van der Waals surface area contributed by atoms with E-state index in [0.29, 0.717) is 18.1 Å². The quantitative estimate of drug-likeness (QED) is 0.729. The summed E-state index contributed by atoms with van der Waals surface area (Å²) in [6.45, 7) is 3.19. The molecule has 0 aromatic carbocycles. The van der Waals surface area contributed by atoms with Crippen LogP contribution in [0.15, 0.2) is 45.9 Å². The van der Waals surface area contributed by atoms with Gasteiger partial charge in [-0.1, -0.05) is 5.16 Å². The van der Waals surface area contributed by atoms with E-state index in [1.165, 1.54) is 12.6 Å². The molecule has 128 valence electrons. The van der Waals surface area contributed by atoms with E-state index >= 15 is 0 Å². The molecule has 3 aromatic heterocycles. The van der Waals surface area contributed by atoms with E-state index in [1.54, 1.807) is 18.3 Å². The largest absolute Gasteiger partial charge is 0.459 e. The second-order valence-corrected chi connectivity index (χ2v) is 6.22. The average molecular weight is 338 g/mol. The average Bonchev–Trinajstić information content (AvgIpc) is 3.33. The van der Waals surface area contributed by atoms with Crippen molar-refractivity contribution >= 4 is 5.91 Å². The van der Waals surface area contributed by atoms with Crippen LogP contribution in [0.4, 0.5) is 0 Å². The molecule has 4 heterocycles. The molecule has 0 spiro atoms. The van der Waals surface area contributed by atoms with Crippen LogP contribution in [0.1, 0.15) is 40.7 Å². The van der Waals surface area contributed by atoms with Gasteiger partial charge in [0.2, 0.25) is 0 Å². The third kappa shape index (κ3) is 3.05. The first-order valence-corrected chi connectivity index (χ1v) is 8.29. The summed E-state index contributed by atoms with van der Waals surface area (Å²) in [5.41, 5.74) is 2.53. The number of aromatic nitrogens is 3. The van der Waals surface area contributed by atoms with Gasteiger partial charge in [-0.15, -0.1) is 0 Å². The highest BCUT2D eigenvalue weighted by Crippen LogP contribution is 2.33. The van der Waals surface area contributed by atoms with Gasteiger partial charge in [-0.3, -0.25) is 4.79 Å². The molecular formula is C18H18N4O3. The first kappa shape index (κ1) is 15.6. The fraction of sp³-hybridized carbons (Fsp3) is 0.333. The van der Waals surface area contributed by atoms with Crippen LogP contribution >= 0.6 is 0 Å². The highest BCUT2D eigenvalue weighted by molar-refractivity contribution is 5.91. The molecule has 0 N–H and O–H groups in total. The van der Waals surface area contributed by atoms with Gasteiger partial charge in [0.05, 0.1) is 23.2 Å². The Hall–Kier alpha value is -2.96. The number of amides is 1. The van der Waals surface area contributed by atoms with Gasteiger partial charge in [0, 0.05) is 31.3 Å². The zero-order chi connectivity index (χ0) is 17.2.